The number of amides is 1. The van der Waals surface area contributed by atoms with Gasteiger partial charge in [-0.15, -0.1) is 0 Å². The lowest BCUT2D eigenvalue weighted by Gasteiger charge is -2.17. The summed E-state index contributed by atoms with van der Waals surface area (Å²) in [4.78, 5) is 28.4. The second kappa shape index (κ2) is 6.98. The number of nitrogens with one attached hydrogen (secondary N) is 1. The Bertz CT molecular complexity index is 1230. The molecule has 142 valence electrons. The van der Waals surface area contributed by atoms with Crippen LogP contribution in [0.1, 0.15) is 21.7 Å². The molecule has 1 aliphatic heterocycles. The summed E-state index contributed by atoms with van der Waals surface area (Å²) in [5.41, 5.74) is 4.89. The number of carbonyl (C=O) groups excluding carboxylic acids is 1. The molecule has 0 radical (unpaired) electrons. The highest BCUT2D eigenvalue weighted by Gasteiger charge is 2.26. The molecule has 5 rings (SSSR count). The van der Waals surface area contributed by atoms with Gasteiger partial charge < -0.3 is 10.2 Å². The summed E-state index contributed by atoms with van der Waals surface area (Å²) in [5.74, 6) is 0.276. The van der Waals surface area contributed by atoms with Gasteiger partial charge in [-0.1, -0.05) is 36.4 Å². The van der Waals surface area contributed by atoms with E-state index >= 15 is 0 Å². The molecule has 2 aromatic heterocycles. The first kappa shape index (κ1) is 17.3. The number of pyridine rings is 1. The van der Waals surface area contributed by atoms with Gasteiger partial charge in [0.15, 0.2) is 0 Å². The molecule has 6 heteroatoms. The number of benzene rings is 2. The minimum Gasteiger partial charge on any atom is -0.322 e. The molecule has 6 nitrogen and oxygen atoms in total. The van der Waals surface area contributed by atoms with E-state index in [4.69, 9.17) is 0 Å². The number of para-hydroxylation sites is 2. The van der Waals surface area contributed by atoms with Crippen molar-refractivity contribution in [3.8, 4) is 0 Å². The smallest absolute Gasteiger partial charge is 0.277 e. The molecule has 29 heavy (non-hydrogen) atoms. The Balaban J connectivity index is 1.49. The number of rotatable bonds is 3. The molecule has 0 unspecified atom stereocenters. The minimum absolute atomic E-state index is 0.112. The van der Waals surface area contributed by atoms with Gasteiger partial charge in [0.05, 0.1) is 11.2 Å². The Morgan fingerprint density at radius 2 is 1.90 bits per heavy atom. The third-order valence-corrected chi connectivity index (χ3v) is 5.08. The van der Waals surface area contributed by atoms with Gasteiger partial charge in [-0.3, -0.25) is 9.78 Å². The predicted octanol–water partition coefficient (Wildman–Crippen LogP) is 4.28. The van der Waals surface area contributed by atoms with E-state index in [0.717, 1.165) is 34.4 Å². The SMILES string of the molecule is Cc1cc(C(=O)N2CCc3ccccc32)nc(Nc2cccc3cccnc23)n1. The molecule has 0 bridgehead atoms. The van der Waals surface area contributed by atoms with Gasteiger partial charge in [0.1, 0.15) is 5.69 Å². The van der Waals surface area contributed by atoms with Crippen LogP contribution in [0.5, 0.6) is 0 Å². The summed E-state index contributed by atoms with van der Waals surface area (Å²) in [5, 5.41) is 4.26. The quantitative estimate of drug-likeness (QED) is 0.574. The third kappa shape index (κ3) is 3.18. The third-order valence-electron chi connectivity index (χ3n) is 5.08. The van der Waals surface area contributed by atoms with Gasteiger partial charge in [-0.2, -0.15) is 0 Å². The second-order valence-electron chi connectivity index (χ2n) is 7.06. The summed E-state index contributed by atoms with van der Waals surface area (Å²) in [6.45, 7) is 2.53. The Labute approximate surface area is 168 Å². The van der Waals surface area contributed by atoms with Gasteiger partial charge in [0, 0.05) is 29.5 Å². The topological polar surface area (TPSA) is 71.0 Å². The summed E-state index contributed by atoms with van der Waals surface area (Å²) >= 11 is 0. The van der Waals surface area contributed by atoms with E-state index in [1.807, 2.05) is 55.5 Å². The Morgan fingerprint density at radius 1 is 1.03 bits per heavy atom. The van der Waals surface area contributed by atoms with Gasteiger partial charge >= 0.3 is 0 Å². The van der Waals surface area contributed by atoms with Crippen LogP contribution in [0.25, 0.3) is 10.9 Å². The highest BCUT2D eigenvalue weighted by molar-refractivity contribution is 6.06. The van der Waals surface area contributed by atoms with Crippen molar-refractivity contribution in [1.29, 1.82) is 0 Å². The average Bonchev–Trinajstić information content (AvgIpc) is 3.17. The molecule has 0 aliphatic carbocycles. The molecule has 0 saturated heterocycles. The number of fused-ring (bicyclic) bond motifs is 2. The van der Waals surface area contributed by atoms with Crippen LogP contribution in [0.2, 0.25) is 0 Å². The van der Waals surface area contributed by atoms with Crippen molar-refractivity contribution in [3.63, 3.8) is 0 Å². The number of anilines is 3. The zero-order valence-electron chi connectivity index (χ0n) is 16.0. The fourth-order valence-corrected chi connectivity index (χ4v) is 3.75. The summed E-state index contributed by atoms with van der Waals surface area (Å²) in [7, 11) is 0. The number of aromatic nitrogens is 3. The van der Waals surface area contributed by atoms with Crippen LogP contribution in [0.15, 0.2) is 66.9 Å². The van der Waals surface area contributed by atoms with Crippen molar-refractivity contribution in [3.05, 3.63) is 83.8 Å². The first-order valence-corrected chi connectivity index (χ1v) is 9.55. The van der Waals surface area contributed by atoms with E-state index in [2.05, 4.69) is 26.3 Å². The lowest BCUT2D eigenvalue weighted by atomic mass is 10.2. The molecule has 1 amide bonds. The fourth-order valence-electron chi connectivity index (χ4n) is 3.75. The average molecular weight is 381 g/mol. The van der Waals surface area contributed by atoms with E-state index in [0.29, 0.717) is 18.2 Å². The molecule has 2 aromatic carbocycles. The Kier molecular flexibility index (Phi) is 4.17. The highest BCUT2D eigenvalue weighted by Crippen LogP contribution is 2.29. The van der Waals surface area contributed by atoms with E-state index in [1.165, 1.54) is 5.56 Å². The zero-order chi connectivity index (χ0) is 19.8. The number of hydrogen-bond donors (Lipinski definition) is 1. The van der Waals surface area contributed by atoms with E-state index < -0.39 is 0 Å². The molecule has 0 fully saturated rings. The summed E-state index contributed by atoms with van der Waals surface area (Å²) < 4.78 is 0. The number of hydrogen-bond acceptors (Lipinski definition) is 5. The van der Waals surface area contributed by atoms with Crippen LogP contribution in [-0.4, -0.2) is 27.4 Å². The molecular weight excluding hydrogens is 362 g/mol. The Hall–Kier alpha value is -3.80. The molecule has 3 heterocycles. The van der Waals surface area contributed by atoms with Gasteiger partial charge in [0.25, 0.3) is 5.91 Å². The van der Waals surface area contributed by atoms with Crippen molar-refractivity contribution in [2.75, 3.05) is 16.8 Å². The maximum absolute atomic E-state index is 13.2. The second-order valence-corrected chi connectivity index (χ2v) is 7.06. The van der Waals surface area contributed by atoms with Gasteiger partial charge in [-0.05, 0) is 43.2 Å². The molecule has 0 saturated carbocycles. The molecule has 1 N–H and O–H groups in total. The Morgan fingerprint density at radius 3 is 2.83 bits per heavy atom. The maximum Gasteiger partial charge on any atom is 0.277 e. The normalized spacial score (nSPS) is 12.8. The monoisotopic (exact) mass is 381 g/mol. The van der Waals surface area contributed by atoms with Crippen molar-refractivity contribution in [2.45, 2.75) is 13.3 Å². The van der Waals surface area contributed by atoms with Gasteiger partial charge in [0.2, 0.25) is 5.95 Å². The molecular formula is C23H19N5O. The maximum atomic E-state index is 13.2. The van der Waals surface area contributed by atoms with E-state index in [-0.39, 0.29) is 5.91 Å². The number of aryl methyl sites for hydroxylation is 1. The first-order chi connectivity index (χ1) is 14.2. The van der Waals surface area contributed by atoms with Crippen molar-refractivity contribution < 1.29 is 4.79 Å². The first-order valence-electron chi connectivity index (χ1n) is 9.55. The molecule has 1 aliphatic rings. The zero-order valence-corrected chi connectivity index (χ0v) is 16.0. The van der Waals surface area contributed by atoms with Crippen LogP contribution in [0, 0.1) is 6.92 Å². The predicted molar refractivity (Wildman–Crippen MR) is 114 cm³/mol. The lowest BCUT2D eigenvalue weighted by Crippen LogP contribution is -2.30. The van der Waals surface area contributed by atoms with Crippen LogP contribution in [-0.2, 0) is 6.42 Å². The van der Waals surface area contributed by atoms with E-state index in [9.17, 15) is 4.79 Å². The van der Waals surface area contributed by atoms with Crippen molar-refractivity contribution in [2.24, 2.45) is 0 Å². The minimum atomic E-state index is -0.112. The van der Waals surface area contributed by atoms with Crippen molar-refractivity contribution in [1.82, 2.24) is 15.0 Å². The lowest BCUT2D eigenvalue weighted by molar-refractivity contribution is 0.0984. The van der Waals surface area contributed by atoms with Crippen LogP contribution in [0.4, 0.5) is 17.3 Å². The van der Waals surface area contributed by atoms with Gasteiger partial charge in [-0.25, -0.2) is 9.97 Å². The van der Waals surface area contributed by atoms with Crippen molar-refractivity contribution >= 4 is 34.1 Å². The molecule has 4 aromatic rings. The largest absolute Gasteiger partial charge is 0.322 e. The standard InChI is InChI=1S/C23H19N5O/c1-15-14-19(22(29)28-13-11-16-6-2-3-10-20(16)28)27-23(25-15)26-18-9-4-7-17-8-5-12-24-21(17)18/h2-10,12,14H,11,13H2,1H3,(H,25,26,27). The highest BCUT2D eigenvalue weighted by atomic mass is 16.2. The fraction of sp³-hybridized carbons (Fsp3) is 0.130. The number of nitrogens with zero attached hydrogens (tertiary/aromatic N) is 4. The summed E-state index contributed by atoms with van der Waals surface area (Å²) in [6, 6.07) is 19.5. The van der Waals surface area contributed by atoms with E-state index in [1.54, 1.807) is 17.2 Å². The van der Waals surface area contributed by atoms with Crippen LogP contribution < -0.4 is 10.2 Å². The molecule has 0 atom stereocenters. The van der Waals surface area contributed by atoms with Crippen LogP contribution >= 0.6 is 0 Å². The molecule has 0 spiro atoms. The number of carbonyl (C=O) groups is 1. The summed E-state index contributed by atoms with van der Waals surface area (Å²) in [6.07, 6.45) is 2.61. The van der Waals surface area contributed by atoms with Crippen LogP contribution in [0.3, 0.4) is 0 Å².